The van der Waals surface area contributed by atoms with Crippen molar-refractivity contribution in [2.45, 2.75) is 137 Å². The first-order valence-corrected chi connectivity index (χ1v) is 27.4. The maximum absolute atomic E-state index is 14.5. The van der Waals surface area contributed by atoms with Gasteiger partial charge in [0.25, 0.3) is 0 Å². The minimum absolute atomic E-state index is 0.106. The Morgan fingerprint density at radius 3 is 1.39 bits per heavy atom. The standard InChI is InChI=1S/C36H54BF3N3O3S.C24H20B/c1-13-35(14-2)22-34(11,12)43(31-27(23(3)4)18-17-19-28(31)24(5)6)32(35)37(46-47(44,45)36(38,39)40)33-41(25(7)8)29-20-15-16-21-30(29)42(33)26(9)10;1-5-13-21(14-6-1)25(22-15-7-2-8-16-22,23-17-9-3-10-18-23)24-19-11-4-12-20-24/h15-21,23-26,37H,13-14,22H2,1-12H3;1-20H/q+1;-1/t37-;/m1./s1. The monoisotopic (exact) mass is 996 g/mol. The van der Waals surface area contributed by atoms with Gasteiger partial charge in [-0.15, -0.1) is 0 Å². The Morgan fingerprint density at radius 1 is 0.625 bits per heavy atom. The largest absolute Gasteiger partial charge is 0.519 e. The van der Waals surface area contributed by atoms with Crippen LogP contribution in [0.4, 0.5) is 18.9 Å². The van der Waals surface area contributed by atoms with Crippen molar-refractivity contribution < 1.29 is 34.8 Å². The molecule has 0 fully saturated rings. The van der Waals surface area contributed by atoms with E-state index in [4.69, 9.17) is 4.10 Å². The molecule has 6 nitrogen and oxygen atoms in total. The molecule has 0 unspecified atom stereocenters. The number of rotatable bonds is 15. The van der Waals surface area contributed by atoms with Crippen LogP contribution in [0.5, 0.6) is 0 Å². The second kappa shape index (κ2) is 21.4. The van der Waals surface area contributed by atoms with E-state index in [0.29, 0.717) is 30.6 Å². The molecule has 0 amide bonds. The summed E-state index contributed by atoms with van der Waals surface area (Å²) in [5, 5.41) is 0. The Bertz CT molecular complexity index is 2860. The molecule has 0 radical (unpaired) electrons. The molecule has 0 spiro atoms. The van der Waals surface area contributed by atoms with Crippen molar-refractivity contribution in [3.63, 3.8) is 0 Å². The second-order valence-corrected chi connectivity index (χ2v) is 23.3. The van der Waals surface area contributed by atoms with Crippen molar-refractivity contribution in [3.05, 3.63) is 175 Å². The summed E-state index contributed by atoms with van der Waals surface area (Å²) in [7, 11) is -6.00. The third-order valence-electron chi connectivity index (χ3n) is 15.5. The predicted molar refractivity (Wildman–Crippen MR) is 297 cm³/mol. The number of alkyl halides is 3. The van der Waals surface area contributed by atoms with Crippen LogP contribution in [0.25, 0.3) is 11.0 Å². The number of hydrogen-bond acceptors (Lipinski definition) is 3. The first-order chi connectivity index (χ1) is 34.1. The topological polar surface area (TPSA) is 55.2 Å². The van der Waals surface area contributed by atoms with Gasteiger partial charge >= 0.3 is 22.5 Å². The molecular weight excluding hydrogens is 921 g/mol. The third-order valence-corrected chi connectivity index (χ3v) is 16.6. The molecule has 0 bridgehead atoms. The highest BCUT2D eigenvalue weighted by Crippen LogP contribution is 2.51. The smallest absolute Gasteiger partial charge is 0.458 e. The lowest BCUT2D eigenvalue weighted by atomic mass is 9.13. The van der Waals surface area contributed by atoms with Crippen LogP contribution in [0, 0.1) is 5.41 Å². The van der Waals surface area contributed by atoms with Crippen molar-refractivity contribution in [1.82, 2.24) is 4.57 Å². The second-order valence-electron chi connectivity index (χ2n) is 21.7. The van der Waals surface area contributed by atoms with Gasteiger partial charge in [-0.05, 0) is 64.5 Å². The van der Waals surface area contributed by atoms with Crippen LogP contribution in [-0.2, 0) is 14.2 Å². The van der Waals surface area contributed by atoms with Crippen molar-refractivity contribution in [1.29, 1.82) is 0 Å². The Hall–Kier alpha value is -5.71. The Labute approximate surface area is 428 Å². The molecule has 7 aromatic rings. The summed E-state index contributed by atoms with van der Waals surface area (Å²) >= 11 is 0. The van der Waals surface area contributed by atoms with E-state index < -0.39 is 39.6 Å². The molecule has 6 aromatic carbocycles. The van der Waals surface area contributed by atoms with Gasteiger partial charge in [-0.2, -0.15) is 43.4 Å². The van der Waals surface area contributed by atoms with Gasteiger partial charge in [-0.3, -0.25) is 9.13 Å². The van der Waals surface area contributed by atoms with E-state index in [1.165, 1.54) is 21.9 Å². The predicted octanol–water partition coefficient (Wildman–Crippen LogP) is 11.5. The van der Waals surface area contributed by atoms with E-state index in [2.05, 4.69) is 193 Å². The average Bonchev–Trinajstić information content (AvgIpc) is 3.84. The van der Waals surface area contributed by atoms with Crippen LogP contribution in [-0.4, -0.2) is 47.3 Å². The minimum atomic E-state index is -6.00. The molecule has 12 heteroatoms. The lowest BCUT2D eigenvalue weighted by Gasteiger charge is -2.44. The third kappa shape index (κ3) is 9.90. The molecule has 72 heavy (non-hydrogen) atoms. The van der Waals surface area contributed by atoms with Gasteiger partial charge in [0.2, 0.25) is 5.69 Å². The van der Waals surface area contributed by atoms with Crippen LogP contribution in [0.2, 0.25) is 0 Å². The molecule has 0 saturated carbocycles. The number of benzene rings is 6. The zero-order valence-corrected chi connectivity index (χ0v) is 45.2. The maximum atomic E-state index is 14.5. The number of para-hydroxylation sites is 3. The number of imidazole rings is 1. The zero-order chi connectivity index (χ0) is 52.4. The molecule has 0 saturated heterocycles. The summed E-state index contributed by atoms with van der Waals surface area (Å²) < 4.78 is 82.1. The highest BCUT2D eigenvalue weighted by atomic mass is 32.2. The van der Waals surface area contributed by atoms with E-state index in [9.17, 15) is 21.6 Å². The molecular formula is C60H74B2F3N3O3S. The fourth-order valence-corrected chi connectivity index (χ4v) is 13.2. The first kappa shape index (κ1) is 54.1. The van der Waals surface area contributed by atoms with E-state index in [0.717, 1.165) is 27.8 Å². The molecule has 0 N–H and O–H groups in total. The van der Waals surface area contributed by atoms with Crippen LogP contribution in [0.1, 0.15) is 137 Å². The number of hydrogen-bond donors (Lipinski definition) is 0. The van der Waals surface area contributed by atoms with Gasteiger partial charge in [0, 0.05) is 42.4 Å². The molecule has 1 aliphatic heterocycles. The van der Waals surface area contributed by atoms with E-state index in [1.807, 2.05) is 67.2 Å². The molecule has 380 valence electrons. The summed E-state index contributed by atoms with van der Waals surface area (Å²) in [5.41, 5.74) is 4.44. The number of nitrogens with zero attached hydrogens (tertiary/aromatic N) is 3. The molecule has 1 aliphatic rings. The summed E-state index contributed by atoms with van der Waals surface area (Å²) in [4.78, 5) is 0. The van der Waals surface area contributed by atoms with Crippen molar-refractivity contribution in [2.75, 3.05) is 0 Å². The van der Waals surface area contributed by atoms with Crippen LogP contribution in [0.3, 0.4) is 0 Å². The van der Waals surface area contributed by atoms with Gasteiger partial charge in [-0.1, -0.05) is 193 Å². The highest BCUT2D eigenvalue weighted by Gasteiger charge is 2.60. The molecule has 1 atom stereocenters. The normalized spacial score (nSPS) is 15.4. The maximum Gasteiger partial charge on any atom is 0.519 e. The minimum Gasteiger partial charge on any atom is -0.458 e. The zero-order valence-electron chi connectivity index (χ0n) is 44.4. The lowest BCUT2D eigenvalue weighted by Crippen LogP contribution is -2.74. The lowest BCUT2D eigenvalue weighted by molar-refractivity contribution is -0.675. The molecule has 0 aliphatic carbocycles. The summed E-state index contributed by atoms with van der Waals surface area (Å²) in [5.74, 6) is 0.213. The van der Waals surface area contributed by atoms with Gasteiger partial charge in [0.15, 0.2) is 16.6 Å². The Kier molecular flexibility index (Phi) is 16.1. The van der Waals surface area contributed by atoms with Crippen molar-refractivity contribution in [3.8, 4) is 0 Å². The van der Waals surface area contributed by atoms with Gasteiger partial charge in [0.1, 0.15) is 11.9 Å². The Balaban J connectivity index is 0.000000253. The summed E-state index contributed by atoms with van der Waals surface area (Å²) in [6.07, 6.45) is 0.645. The molecule has 8 rings (SSSR count). The van der Waals surface area contributed by atoms with Gasteiger partial charge in [-0.25, -0.2) is 4.58 Å². The summed E-state index contributed by atoms with van der Waals surface area (Å²) in [6, 6.07) is 57.1. The fourth-order valence-electron chi connectivity index (χ4n) is 12.5. The van der Waals surface area contributed by atoms with E-state index in [1.54, 1.807) is 0 Å². The molecule has 2 heterocycles. The fraction of sp³-hybridized carbons (Fsp3) is 0.367. The van der Waals surface area contributed by atoms with Crippen molar-refractivity contribution in [2.24, 2.45) is 5.41 Å². The molecule has 1 aromatic heterocycles. The SMILES string of the molecule is CCC1(CC)CC(C)(C)[N+](c2c(C(C)C)cccc2C(C)C)=C1[B@@H-](OS(=O)(=O)C(F)(F)F)c1n(C(C)C)c2ccccc2[n+]1C(C)C.c1ccc([B-](c2ccccc2)(c2ccccc2)c2ccccc2)cc1. The number of fused-ring (bicyclic) bond motifs is 1. The van der Waals surface area contributed by atoms with E-state index in [-0.39, 0.29) is 23.9 Å². The van der Waals surface area contributed by atoms with Crippen LogP contribution < -0.4 is 32.1 Å². The van der Waals surface area contributed by atoms with Crippen molar-refractivity contribution >= 4 is 73.1 Å². The van der Waals surface area contributed by atoms with Crippen LogP contribution in [0.15, 0.2) is 164 Å². The van der Waals surface area contributed by atoms with Gasteiger partial charge < -0.3 is 4.10 Å². The average molecular weight is 996 g/mol. The first-order valence-electron chi connectivity index (χ1n) is 26.0. The quantitative estimate of drug-likeness (QED) is 0.0584. The summed E-state index contributed by atoms with van der Waals surface area (Å²) in [6.45, 7) is 21.9. The highest BCUT2D eigenvalue weighted by molar-refractivity contribution is 7.88. The van der Waals surface area contributed by atoms with E-state index >= 15 is 0 Å². The van der Waals surface area contributed by atoms with Crippen LogP contribution >= 0.6 is 0 Å². The van der Waals surface area contributed by atoms with Gasteiger partial charge in [0.05, 0.1) is 12.1 Å². The number of aromatic nitrogens is 2. The number of halogens is 3. The Morgan fingerprint density at radius 2 is 1.03 bits per heavy atom.